The average Bonchev–Trinajstić information content (AvgIpc) is 2.94. The maximum atomic E-state index is 9.59. The maximum absolute atomic E-state index is 9.59. The molecule has 0 aliphatic carbocycles. The number of aromatic nitrogens is 2. The van der Waals surface area contributed by atoms with Gasteiger partial charge < -0.3 is 9.47 Å². The van der Waals surface area contributed by atoms with Crippen LogP contribution < -0.4 is 0 Å². The van der Waals surface area contributed by atoms with Crippen molar-refractivity contribution in [1.29, 1.82) is 5.26 Å². The molecule has 0 N–H and O–H groups in total. The highest BCUT2D eigenvalue weighted by Gasteiger charge is 2.35. The molecular formula is C31H36N4O2. The Morgan fingerprint density at radius 3 is 2.22 bits per heavy atom. The smallest absolute Gasteiger partial charge is 0.158 e. The van der Waals surface area contributed by atoms with Gasteiger partial charge in [-0.25, -0.2) is 0 Å². The molecule has 2 saturated heterocycles. The van der Waals surface area contributed by atoms with Gasteiger partial charge in [0.1, 0.15) is 0 Å². The molecule has 0 saturated carbocycles. The third-order valence-corrected chi connectivity index (χ3v) is 7.74. The Kier molecular flexibility index (Phi) is 8.25. The second kappa shape index (κ2) is 12.0. The quantitative estimate of drug-likeness (QED) is 0.373. The monoisotopic (exact) mass is 496 g/mol. The van der Waals surface area contributed by atoms with Crippen molar-refractivity contribution in [1.82, 2.24) is 14.9 Å². The van der Waals surface area contributed by atoms with E-state index in [9.17, 15) is 5.26 Å². The van der Waals surface area contributed by atoms with E-state index in [-0.39, 0.29) is 18.4 Å². The summed E-state index contributed by atoms with van der Waals surface area (Å²) in [7, 11) is 0. The molecular weight excluding hydrogens is 460 g/mol. The number of nitriles is 1. The van der Waals surface area contributed by atoms with Crippen molar-refractivity contribution >= 4 is 0 Å². The first kappa shape index (κ1) is 25.5. The summed E-state index contributed by atoms with van der Waals surface area (Å²) in [6, 6.07) is 17.0. The molecule has 192 valence electrons. The molecule has 2 aromatic heterocycles. The van der Waals surface area contributed by atoms with Crippen LogP contribution in [0.25, 0.3) is 0 Å². The zero-order valence-corrected chi connectivity index (χ0v) is 21.9. The first-order chi connectivity index (χ1) is 18.1. The molecule has 6 heteroatoms. The van der Waals surface area contributed by atoms with Crippen molar-refractivity contribution in [2.75, 3.05) is 6.61 Å². The summed E-state index contributed by atoms with van der Waals surface area (Å²) >= 11 is 0. The van der Waals surface area contributed by atoms with Crippen LogP contribution in [0.5, 0.6) is 0 Å². The molecule has 1 unspecified atom stereocenters. The SMILES string of the molecule is Cc1cccnc1[C@H]1CCC[C@@H](c2ncccc2C)N1Cc1ccc(C#N)cc1COC1CCCCO1. The van der Waals surface area contributed by atoms with E-state index >= 15 is 0 Å². The van der Waals surface area contributed by atoms with E-state index in [1.54, 1.807) is 0 Å². The molecule has 1 aromatic carbocycles. The Labute approximate surface area is 220 Å². The summed E-state index contributed by atoms with van der Waals surface area (Å²) in [5.41, 5.74) is 7.59. The Balaban J connectivity index is 1.50. The van der Waals surface area contributed by atoms with Crippen LogP contribution in [0.3, 0.4) is 0 Å². The minimum atomic E-state index is -0.171. The fourth-order valence-corrected chi connectivity index (χ4v) is 5.76. The number of aryl methyl sites for hydroxylation is 2. The van der Waals surface area contributed by atoms with Gasteiger partial charge in [-0.15, -0.1) is 0 Å². The normalized spacial score (nSPS) is 22.5. The van der Waals surface area contributed by atoms with Crippen LogP contribution in [0.4, 0.5) is 0 Å². The summed E-state index contributed by atoms with van der Waals surface area (Å²) in [6.45, 7) is 6.23. The van der Waals surface area contributed by atoms with Gasteiger partial charge in [-0.3, -0.25) is 14.9 Å². The van der Waals surface area contributed by atoms with Gasteiger partial charge in [0.25, 0.3) is 0 Å². The van der Waals surface area contributed by atoms with Gasteiger partial charge in [-0.2, -0.15) is 5.26 Å². The van der Waals surface area contributed by atoms with Crippen LogP contribution >= 0.6 is 0 Å². The van der Waals surface area contributed by atoms with E-state index in [0.29, 0.717) is 12.2 Å². The zero-order valence-electron chi connectivity index (χ0n) is 21.9. The largest absolute Gasteiger partial charge is 0.353 e. The van der Waals surface area contributed by atoms with Crippen LogP contribution in [-0.4, -0.2) is 27.8 Å². The van der Waals surface area contributed by atoms with E-state index in [1.807, 2.05) is 36.7 Å². The van der Waals surface area contributed by atoms with Crippen LogP contribution in [-0.2, 0) is 22.6 Å². The molecule has 3 atom stereocenters. The highest BCUT2D eigenvalue weighted by Crippen LogP contribution is 2.43. The van der Waals surface area contributed by atoms with Gasteiger partial charge >= 0.3 is 0 Å². The van der Waals surface area contributed by atoms with Crippen LogP contribution in [0.1, 0.15) is 89.8 Å². The summed E-state index contributed by atoms with van der Waals surface area (Å²) < 4.78 is 12.0. The number of ether oxygens (including phenoxy) is 2. The van der Waals surface area contributed by atoms with Gasteiger partial charge in [-0.05, 0) is 98.9 Å². The van der Waals surface area contributed by atoms with Gasteiger partial charge in [0, 0.05) is 25.5 Å². The number of benzene rings is 1. The molecule has 2 aliphatic rings. The van der Waals surface area contributed by atoms with Crippen LogP contribution in [0.15, 0.2) is 54.9 Å². The maximum Gasteiger partial charge on any atom is 0.158 e. The zero-order chi connectivity index (χ0) is 25.6. The topological polar surface area (TPSA) is 71.3 Å². The lowest BCUT2D eigenvalue weighted by atomic mass is 9.88. The predicted octanol–water partition coefficient (Wildman–Crippen LogP) is 6.48. The number of piperidine rings is 1. The number of pyridine rings is 2. The standard InChI is InChI=1S/C31H36N4O2/c1-22-8-6-15-33-30(22)27-10-5-11-28(31-23(2)9-7-16-34-31)35(27)20-25-14-13-24(19-32)18-26(25)21-37-29-12-3-4-17-36-29/h6-9,13-16,18,27-29H,3-5,10-12,17,20-21H2,1-2H3/t27-,28+,29?. The number of likely N-dealkylation sites (tertiary alicyclic amines) is 1. The van der Waals surface area contributed by atoms with Crippen molar-refractivity contribution in [3.8, 4) is 6.07 Å². The van der Waals surface area contributed by atoms with E-state index in [0.717, 1.165) is 68.6 Å². The Bertz CT molecular complexity index is 1190. The van der Waals surface area contributed by atoms with E-state index in [1.165, 1.54) is 16.7 Å². The summed E-state index contributed by atoms with van der Waals surface area (Å²) in [5.74, 6) is 0. The van der Waals surface area contributed by atoms with Crippen LogP contribution in [0, 0.1) is 25.2 Å². The molecule has 5 rings (SSSR count). The molecule has 0 spiro atoms. The molecule has 3 aromatic rings. The lowest BCUT2D eigenvalue weighted by Gasteiger charge is -2.43. The average molecular weight is 497 g/mol. The van der Waals surface area contributed by atoms with Crippen molar-refractivity contribution in [3.63, 3.8) is 0 Å². The minimum Gasteiger partial charge on any atom is -0.353 e. The predicted molar refractivity (Wildman–Crippen MR) is 142 cm³/mol. The highest BCUT2D eigenvalue weighted by molar-refractivity contribution is 5.38. The minimum absolute atomic E-state index is 0.171. The second-order valence-electron chi connectivity index (χ2n) is 10.2. The molecule has 0 radical (unpaired) electrons. The number of rotatable bonds is 7. The Hall–Kier alpha value is -3.11. The number of hydrogen-bond donors (Lipinski definition) is 0. The fourth-order valence-electron chi connectivity index (χ4n) is 5.76. The molecule has 6 nitrogen and oxygen atoms in total. The van der Waals surface area contributed by atoms with Gasteiger partial charge in [0.05, 0.1) is 41.7 Å². The van der Waals surface area contributed by atoms with Gasteiger partial charge in [0.15, 0.2) is 6.29 Å². The van der Waals surface area contributed by atoms with Crippen LogP contribution in [0.2, 0.25) is 0 Å². The van der Waals surface area contributed by atoms with Crippen molar-refractivity contribution < 1.29 is 9.47 Å². The molecule has 2 aliphatic heterocycles. The lowest BCUT2D eigenvalue weighted by Crippen LogP contribution is -2.37. The molecule has 4 heterocycles. The Morgan fingerprint density at radius 2 is 1.62 bits per heavy atom. The summed E-state index contributed by atoms with van der Waals surface area (Å²) in [6.07, 6.45) is 10.0. The van der Waals surface area contributed by atoms with Gasteiger partial charge in [0.2, 0.25) is 0 Å². The molecule has 0 amide bonds. The summed E-state index contributed by atoms with van der Waals surface area (Å²) in [5, 5.41) is 9.59. The van der Waals surface area contributed by atoms with Crippen molar-refractivity contribution in [2.24, 2.45) is 0 Å². The third-order valence-electron chi connectivity index (χ3n) is 7.74. The molecule has 2 fully saturated rings. The highest BCUT2D eigenvalue weighted by atomic mass is 16.7. The number of nitrogens with zero attached hydrogens (tertiary/aromatic N) is 4. The third kappa shape index (κ3) is 5.91. The second-order valence-corrected chi connectivity index (χ2v) is 10.2. The first-order valence-corrected chi connectivity index (χ1v) is 13.5. The molecule has 37 heavy (non-hydrogen) atoms. The van der Waals surface area contributed by atoms with Gasteiger partial charge in [-0.1, -0.05) is 18.2 Å². The van der Waals surface area contributed by atoms with E-state index in [4.69, 9.17) is 19.4 Å². The Morgan fingerprint density at radius 1 is 0.919 bits per heavy atom. The van der Waals surface area contributed by atoms with Crippen molar-refractivity contribution in [3.05, 3.63) is 94.1 Å². The molecule has 0 bridgehead atoms. The number of hydrogen-bond acceptors (Lipinski definition) is 6. The first-order valence-electron chi connectivity index (χ1n) is 13.5. The van der Waals surface area contributed by atoms with E-state index < -0.39 is 0 Å². The van der Waals surface area contributed by atoms with E-state index in [2.05, 4.69) is 43.0 Å². The summed E-state index contributed by atoms with van der Waals surface area (Å²) in [4.78, 5) is 12.3. The lowest BCUT2D eigenvalue weighted by molar-refractivity contribution is -0.169. The van der Waals surface area contributed by atoms with Crippen molar-refractivity contribution in [2.45, 2.75) is 83.9 Å². The fraction of sp³-hybridized carbons (Fsp3) is 0.452.